The van der Waals surface area contributed by atoms with Crippen molar-refractivity contribution in [1.82, 2.24) is 0 Å². The van der Waals surface area contributed by atoms with Crippen molar-refractivity contribution >= 4 is 23.7 Å². The second-order valence-corrected chi connectivity index (χ2v) is 5.75. The Labute approximate surface area is 161 Å². The molecule has 0 spiro atoms. The number of hydrogen-bond donors (Lipinski definition) is 2. The number of ether oxygens (including phenoxy) is 3. The maximum atomic E-state index is 12.4. The molecule has 9 nitrogen and oxygen atoms in total. The molecule has 1 aromatic carbocycles. The number of nitrogens with one attached hydrogen (secondary N) is 1. The van der Waals surface area contributed by atoms with Crippen LogP contribution < -0.4 is 20.5 Å². The number of furan rings is 1. The van der Waals surface area contributed by atoms with Crippen LogP contribution in [-0.2, 0) is 9.53 Å². The third-order valence-corrected chi connectivity index (χ3v) is 3.79. The first-order chi connectivity index (χ1) is 13.3. The lowest BCUT2D eigenvalue weighted by Crippen LogP contribution is -2.31. The third-order valence-electron chi connectivity index (χ3n) is 3.79. The molecule has 1 atom stereocenters. The van der Waals surface area contributed by atoms with Gasteiger partial charge in [0.2, 0.25) is 5.88 Å². The minimum atomic E-state index is -0.932. The van der Waals surface area contributed by atoms with E-state index in [9.17, 15) is 14.4 Å². The smallest absolute Gasteiger partial charge is 0.342 e. The average molecular weight is 390 g/mol. The summed E-state index contributed by atoms with van der Waals surface area (Å²) in [6.07, 6.45) is -0.925. The van der Waals surface area contributed by atoms with Gasteiger partial charge in [0.05, 0.1) is 13.7 Å². The summed E-state index contributed by atoms with van der Waals surface area (Å²) < 4.78 is 20.9. The molecule has 0 fully saturated rings. The Morgan fingerprint density at radius 2 is 1.75 bits per heavy atom. The highest BCUT2D eigenvalue weighted by Crippen LogP contribution is 2.28. The van der Waals surface area contributed by atoms with Gasteiger partial charge >= 0.3 is 5.97 Å². The van der Waals surface area contributed by atoms with Crippen LogP contribution in [0.1, 0.15) is 40.3 Å². The first kappa shape index (κ1) is 20.8. The van der Waals surface area contributed by atoms with Crippen LogP contribution in [0.2, 0.25) is 0 Å². The van der Waals surface area contributed by atoms with Crippen LogP contribution in [0.5, 0.6) is 11.5 Å². The summed E-state index contributed by atoms with van der Waals surface area (Å²) in [4.78, 5) is 36.3. The minimum Gasteiger partial charge on any atom is -0.497 e. The summed E-state index contributed by atoms with van der Waals surface area (Å²) in [5, 5.41) is 2.43. The molecule has 0 aliphatic carbocycles. The number of benzene rings is 1. The van der Waals surface area contributed by atoms with Gasteiger partial charge in [-0.15, -0.1) is 0 Å². The molecule has 0 saturated carbocycles. The summed E-state index contributed by atoms with van der Waals surface area (Å²) in [6, 6.07) is 6.67. The molecule has 1 heterocycles. The summed E-state index contributed by atoms with van der Waals surface area (Å²) in [5.74, 6) is -1.33. The molecule has 0 aliphatic rings. The van der Waals surface area contributed by atoms with Gasteiger partial charge in [-0.3, -0.25) is 14.9 Å². The fourth-order valence-corrected chi connectivity index (χ4v) is 2.44. The zero-order valence-electron chi connectivity index (χ0n) is 16.0. The number of carbonyl (C=O) groups excluding carboxylic acids is 3. The van der Waals surface area contributed by atoms with E-state index in [1.54, 1.807) is 31.2 Å². The largest absolute Gasteiger partial charge is 0.497 e. The van der Waals surface area contributed by atoms with Crippen molar-refractivity contribution in [3.05, 3.63) is 41.2 Å². The monoisotopic (exact) mass is 390 g/mol. The molecule has 0 radical (unpaired) electrons. The molecule has 2 rings (SSSR count). The quantitative estimate of drug-likeness (QED) is 0.661. The van der Waals surface area contributed by atoms with Crippen LogP contribution in [0, 0.1) is 6.92 Å². The van der Waals surface area contributed by atoms with Gasteiger partial charge in [0, 0.05) is 0 Å². The molecular formula is C19H22N2O7. The summed E-state index contributed by atoms with van der Waals surface area (Å²) >= 11 is 0. The van der Waals surface area contributed by atoms with Crippen LogP contribution in [0.3, 0.4) is 0 Å². The Hall–Kier alpha value is -3.49. The Balaban J connectivity index is 2.19. The van der Waals surface area contributed by atoms with E-state index >= 15 is 0 Å². The zero-order chi connectivity index (χ0) is 20.8. The molecule has 0 bridgehead atoms. The van der Waals surface area contributed by atoms with E-state index in [0.717, 1.165) is 0 Å². The minimum absolute atomic E-state index is 0.103. The second kappa shape index (κ2) is 8.94. The van der Waals surface area contributed by atoms with E-state index < -0.39 is 23.9 Å². The predicted octanol–water partition coefficient (Wildman–Crippen LogP) is 2.28. The highest BCUT2D eigenvalue weighted by molar-refractivity contribution is 6.10. The fourth-order valence-electron chi connectivity index (χ4n) is 2.44. The maximum absolute atomic E-state index is 12.4. The fraction of sp³-hybridized carbons (Fsp3) is 0.316. The van der Waals surface area contributed by atoms with E-state index in [4.69, 9.17) is 24.4 Å². The van der Waals surface area contributed by atoms with Crippen LogP contribution in [0.25, 0.3) is 0 Å². The number of anilines is 1. The normalized spacial score (nSPS) is 11.4. The van der Waals surface area contributed by atoms with Crippen LogP contribution in [0.4, 0.5) is 5.88 Å². The number of hydrogen-bond acceptors (Lipinski definition) is 7. The first-order valence-corrected chi connectivity index (χ1v) is 8.50. The average Bonchev–Trinajstić information content (AvgIpc) is 2.98. The van der Waals surface area contributed by atoms with Gasteiger partial charge < -0.3 is 24.4 Å². The van der Waals surface area contributed by atoms with E-state index in [0.29, 0.717) is 11.5 Å². The standard InChI is InChI=1S/C19H22N2O7/c1-5-26-19(24)14-10(2)28-18(15(14)16(20)22)21-17(23)11(3)27-13-8-6-12(25-4)7-9-13/h6-9,11H,5H2,1-4H3,(H2,20,22)(H,21,23). The van der Waals surface area contributed by atoms with E-state index in [1.807, 2.05) is 0 Å². The Morgan fingerprint density at radius 3 is 2.29 bits per heavy atom. The summed E-state index contributed by atoms with van der Waals surface area (Å²) in [7, 11) is 1.54. The van der Waals surface area contributed by atoms with Crippen LogP contribution in [-0.4, -0.2) is 37.6 Å². The molecular weight excluding hydrogens is 368 g/mol. The number of amides is 2. The van der Waals surface area contributed by atoms with Crippen molar-refractivity contribution < 1.29 is 33.0 Å². The number of nitrogens with two attached hydrogens (primary N) is 1. The first-order valence-electron chi connectivity index (χ1n) is 8.50. The highest BCUT2D eigenvalue weighted by atomic mass is 16.5. The molecule has 2 amide bonds. The molecule has 28 heavy (non-hydrogen) atoms. The van der Waals surface area contributed by atoms with Gasteiger partial charge in [0.1, 0.15) is 28.4 Å². The van der Waals surface area contributed by atoms with Gasteiger partial charge in [0.15, 0.2) is 6.10 Å². The van der Waals surface area contributed by atoms with Gasteiger partial charge in [-0.1, -0.05) is 0 Å². The zero-order valence-corrected chi connectivity index (χ0v) is 16.0. The van der Waals surface area contributed by atoms with Gasteiger partial charge in [-0.25, -0.2) is 4.79 Å². The van der Waals surface area contributed by atoms with Gasteiger partial charge in [-0.05, 0) is 45.0 Å². The lowest BCUT2D eigenvalue weighted by Gasteiger charge is -2.14. The molecule has 1 unspecified atom stereocenters. The number of carbonyl (C=O) groups is 3. The summed E-state index contributed by atoms with van der Waals surface area (Å²) in [6.45, 7) is 4.71. The Morgan fingerprint density at radius 1 is 1.14 bits per heavy atom. The molecule has 3 N–H and O–H groups in total. The molecule has 0 aliphatic heterocycles. The van der Waals surface area contributed by atoms with E-state index in [2.05, 4.69) is 5.32 Å². The van der Waals surface area contributed by atoms with Crippen LogP contribution >= 0.6 is 0 Å². The Kier molecular flexibility index (Phi) is 6.64. The predicted molar refractivity (Wildman–Crippen MR) is 99.6 cm³/mol. The molecule has 2 aromatic rings. The topological polar surface area (TPSA) is 130 Å². The molecule has 9 heteroatoms. The second-order valence-electron chi connectivity index (χ2n) is 5.75. The number of aryl methyl sites for hydroxylation is 1. The van der Waals surface area contributed by atoms with Crippen molar-refractivity contribution in [3.63, 3.8) is 0 Å². The van der Waals surface area contributed by atoms with Crippen molar-refractivity contribution in [1.29, 1.82) is 0 Å². The van der Waals surface area contributed by atoms with Crippen molar-refractivity contribution in [3.8, 4) is 11.5 Å². The third kappa shape index (κ3) is 4.61. The molecule has 0 saturated heterocycles. The maximum Gasteiger partial charge on any atom is 0.342 e. The Bertz CT molecular complexity index is 871. The lowest BCUT2D eigenvalue weighted by molar-refractivity contribution is -0.122. The van der Waals surface area contributed by atoms with E-state index in [1.165, 1.54) is 21.0 Å². The highest BCUT2D eigenvalue weighted by Gasteiger charge is 2.30. The van der Waals surface area contributed by atoms with Gasteiger partial charge in [-0.2, -0.15) is 0 Å². The number of primary amides is 1. The van der Waals surface area contributed by atoms with E-state index in [-0.39, 0.29) is 29.4 Å². The molecule has 150 valence electrons. The van der Waals surface area contributed by atoms with Crippen molar-refractivity contribution in [2.45, 2.75) is 26.9 Å². The van der Waals surface area contributed by atoms with Crippen LogP contribution in [0.15, 0.2) is 28.7 Å². The SMILES string of the molecule is CCOC(=O)c1c(C)oc(NC(=O)C(C)Oc2ccc(OC)cc2)c1C(N)=O. The van der Waals surface area contributed by atoms with Crippen molar-refractivity contribution in [2.75, 3.05) is 19.0 Å². The lowest BCUT2D eigenvalue weighted by atomic mass is 10.1. The number of rotatable bonds is 8. The summed E-state index contributed by atoms with van der Waals surface area (Å²) in [5.41, 5.74) is 5.00. The van der Waals surface area contributed by atoms with Gasteiger partial charge in [0.25, 0.3) is 11.8 Å². The number of methoxy groups -OCH3 is 1. The number of esters is 1. The van der Waals surface area contributed by atoms with Crippen molar-refractivity contribution in [2.24, 2.45) is 5.73 Å². The molecule has 1 aromatic heterocycles.